The number of epoxide rings is 1. The van der Waals surface area contributed by atoms with E-state index < -0.39 is 9.84 Å². The molecule has 1 saturated heterocycles. The Morgan fingerprint density at radius 2 is 1.82 bits per heavy atom. The van der Waals surface area contributed by atoms with E-state index in [9.17, 15) is 8.42 Å². The summed E-state index contributed by atoms with van der Waals surface area (Å²) in [5.41, 5.74) is 1.76. The Morgan fingerprint density at radius 3 is 2.50 bits per heavy atom. The van der Waals surface area contributed by atoms with Crippen molar-refractivity contribution in [3.63, 3.8) is 0 Å². The minimum atomic E-state index is -3.54. The SMILES string of the molecule is Cc1cccc(S(=O)(=O)c2cc(C)cc(OCC3CO3)c2)c1. The predicted molar refractivity (Wildman–Crippen MR) is 83.0 cm³/mol. The molecule has 1 fully saturated rings. The van der Waals surface area contributed by atoms with Gasteiger partial charge in [0.05, 0.1) is 16.4 Å². The minimum Gasteiger partial charge on any atom is -0.491 e. The summed E-state index contributed by atoms with van der Waals surface area (Å²) in [6.45, 7) is 4.89. The lowest BCUT2D eigenvalue weighted by atomic mass is 10.2. The molecule has 1 heterocycles. The van der Waals surface area contributed by atoms with E-state index >= 15 is 0 Å². The summed E-state index contributed by atoms with van der Waals surface area (Å²) in [6.07, 6.45) is 0.136. The normalized spacial score (nSPS) is 17.3. The molecule has 116 valence electrons. The molecule has 0 amide bonds. The van der Waals surface area contributed by atoms with Crippen molar-refractivity contribution in [2.24, 2.45) is 0 Å². The molecule has 4 nitrogen and oxygen atoms in total. The summed E-state index contributed by atoms with van der Waals surface area (Å²) < 4.78 is 36.2. The molecule has 0 saturated carbocycles. The van der Waals surface area contributed by atoms with E-state index in [1.807, 2.05) is 26.0 Å². The number of rotatable bonds is 5. The molecule has 5 heteroatoms. The van der Waals surface area contributed by atoms with Gasteiger partial charge in [-0.2, -0.15) is 0 Å². The third kappa shape index (κ3) is 3.31. The highest BCUT2D eigenvalue weighted by atomic mass is 32.2. The quantitative estimate of drug-likeness (QED) is 0.795. The van der Waals surface area contributed by atoms with Gasteiger partial charge in [-0.05, 0) is 55.3 Å². The number of hydrogen-bond acceptors (Lipinski definition) is 4. The molecule has 2 aromatic carbocycles. The molecule has 1 aliphatic heterocycles. The van der Waals surface area contributed by atoms with Gasteiger partial charge < -0.3 is 9.47 Å². The van der Waals surface area contributed by atoms with E-state index in [0.29, 0.717) is 23.9 Å². The zero-order chi connectivity index (χ0) is 15.7. The van der Waals surface area contributed by atoms with Crippen molar-refractivity contribution in [2.75, 3.05) is 13.2 Å². The van der Waals surface area contributed by atoms with Crippen LogP contribution in [0.2, 0.25) is 0 Å². The van der Waals surface area contributed by atoms with Crippen LogP contribution < -0.4 is 4.74 Å². The molecule has 0 radical (unpaired) electrons. The average Bonchev–Trinajstić information content (AvgIpc) is 3.29. The van der Waals surface area contributed by atoms with Gasteiger partial charge in [0.25, 0.3) is 0 Å². The third-order valence-electron chi connectivity index (χ3n) is 3.47. The topological polar surface area (TPSA) is 55.9 Å². The van der Waals surface area contributed by atoms with Crippen LogP contribution in [0.3, 0.4) is 0 Å². The highest BCUT2D eigenvalue weighted by Crippen LogP contribution is 2.27. The third-order valence-corrected chi connectivity index (χ3v) is 5.20. The number of benzene rings is 2. The molecule has 0 N–H and O–H groups in total. The van der Waals surface area contributed by atoms with Crippen molar-refractivity contribution < 1.29 is 17.9 Å². The first-order valence-electron chi connectivity index (χ1n) is 7.13. The predicted octanol–water partition coefficient (Wildman–Crippen LogP) is 2.91. The van der Waals surface area contributed by atoms with Crippen LogP contribution in [0.5, 0.6) is 5.75 Å². The molecule has 0 bridgehead atoms. The molecule has 22 heavy (non-hydrogen) atoms. The summed E-state index contributed by atoms with van der Waals surface area (Å²) in [5.74, 6) is 0.557. The Kier molecular flexibility index (Phi) is 3.93. The first-order valence-corrected chi connectivity index (χ1v) is 8.61. The zero-order valence-corrected chi connectivity index (χ0v) is 13.4. The molecule has 1 unspecified atom stereocenters. The molecule has 3 rings (SSSR count). The van der Waals surface area contributed by atoms with Gasteiger partial charge in [-0.3, -0.25) is 0 Å². The zero-order valence-electron chi connectivity index (χ0n) is 12.6. The summed E-state index contributed by atoms with van der Waals surface area (Å²) >= 11 is 0. The number of hydrogen-bond donors (Lipinski definition) is 0. The summed E-state index contributed by atoms with van der Waals surface area (Å²) in [6, 6.07) is 12.0. The first kappa shape index (κ1) is 15.1. The van der Waals surface area contributed by atoms with Gasteiger partial charge in [0, 0.05) is 0 Å². The average molecular weight is 318 g/mol. The minimum absolute atomic E-state index is 0.136. The van der Waals surface area contributed by atoms with Gasteiger partial charge in [-0.25, -0.2) is 8.42 Å². The lowest BCUT2D eigenvalue weighted by molar-refractivity contribution is 0.262. The molecule has 2 aromatic rings. The maximum Gasteiger partial charge on any atom is 0.206 e. The van der Waals surface area contributed by atoms with E-state index in [0.717, 1.165) is 11.1 Å². The van der Waals surface area contributed by atoms with Gasteiger partial charge in [-0.1, -0.05) is 12.1 Å². The number of sulfone groups is 1. The molecule has 1 atom stereocenters. The smallest absolute Gasteiger partial charge is 0.206 e. The van der Waals surface area contributed by atoms with Crippen molar-refractivity contribution in [3.05, 3.63) is 53.6 Å². The van der Waals surface area contributed by atoms with Gasteiger partial charge >= 0.3 is 0 Å². The van der Waals surface area contributed by atoms with E-state index in [1.165, 1.54) is 0 Å². The Hall–Kier alpha value is -1.85. The Balaban J connectivity index is 1.95. The van der Waals surface area contributed by atoms with E-state index in [1.54, 1.807) is 30.3 Å². The van der Waals surface area contributed by atoms with Gasteiger partial charge in [-0.15, -0.1) is 0 Å². The highest BCUT2D eigenvalue weighted by molar-refractivity contribution is 7.91. The van der Waals surface area contributed by atoms with Crippen molar-refractivity contribution in [1.82, 2.24) is 0 Å². The van der Waals surface area contributed by atoms with E-state index in [2.05, 4.69) is 0 Å². The maximum atomic E-state index is 12.8. The van der Waals surface area contributed by atoms with Crippen molar-refractivity contribution in [3.8, 4) is 5.75 Å². The fraction of sp³-hybridized carbons (Fsp3) is 0.294. The van der Waals surface area contributed by atoms with Crippen LogP contribution in [-0.4, -0.2) is 27.7 Å². The standard InChI is InChI=1S/C17H18O4S/c1-12-4-3-5-16(7-12)22(18,19)17-8-13(2)6-14(9-17)20-10-15-11-21-15/h3-9,15H,10-11H2,1-2H3. The Bertz CT molecular complexity index is 792. The van der Waals surface area contributed by atoms with Gasteiger partial charge in [0.1, 0.15) is 18.5 Å². The fourth-order valence-electron chi connectivity index (χ4n) is 2.22. The molecule has 0 aromatic heterocycles. The number of aryl methyl sites for hydroxylation is 2. The fourth-order valence-corrected chi connectivity index (χ4v) is 3.71. The van der Waals surface area contributed by atoms with Crippen LogP contribution in [0.15, 0.2) is 52.3 Å². The summed E-state index contributed by atoms with van der Waals surface area (Å²) in [4.78, 5) is 0.555. The van der Waals surface area contributed by atoms with Gasteiger partial charge in [0.2, 0.25) is 9.84 Å². The summed E-state index contributed by atoms with van der Waals surface area (Å²) in [7, 11) is -3.54. The lowest BCUT2D eigenvalue weighted by Gasteiger charge is -2.10. The van der Waals surface area contributed by atoms with Crippen LogP contribution in [0.25, 0.3) is 0 Å². The van der Waals surface area contributed by atoms with Crippen LogP contribution in [0.1, 0.15) is 11.1 Å². The van der Waals surface area contributed by atoms with Crippen LogP contribution >= 0.6 is 0 Å². The Morgan fingerprint density at radius 1 is 1.09 bits per heavy atom. The Labute approximate surface area is 130 Å². The monoisotopic (exact) mass is 318 g/mol. The van der Waals surface area contributed by atoms with E-state index in [4.69, 9.17) is 9.47 Å². The lowest BCUT2D eigenvalue weighted by Crippen LogP contribution is -2.06. The molecule has 0 spiro atoms. The van der Waals surface area contributed by atoms with Crippen molar-refractivity contribution in [2.45, 2.75) is 29.7 Å². The number of ether oxygens (including phenoxy) is 2. The molecule has 0 aliphatic carbocycles. The highest BCUT2D eigenvalue weighted by Gasteiger charge is 2.24. The van der Waals surface area contributed by atoms with Crippen LogP contribution in [-0.2, 0) is 14.6 Å². The van der Waals surface area contributed by atoms with Crippen molar-refractivity contribution >= 4 is 9.84 Å². The van der Waals surface area contributed by atoms with E-state index in [-0.39, 0.29) is 11.0 Å². The largest absolute Gasteiger partial charge is 0.491 e. The first-order chi connectivity index (χ1) is 10.4. The van der Waals surface area contributed by atoms with Crippen LogP contribution in [0, 0.1) is 13.8 Å². The van der Waals surface area contributed by atoms with Crippen LogP contribution in [0.4, 0.5) is 0 Å². The molecular weight excluding hydrogens is 300 g/mol. The summed E-state index contributed by atoms with van der Waals surface area (Å²) in [5, 5.41) is 0. The van der Waals surface area contributed by atoms with Gasteiger partial charge in [0.15, 0.2) is 0 Å². The van der Waals surface area contributed by atoms with Crippen molar-refractivity contribution in [1.29, 1.82) is 0 Å². The molecular formula is C17H18O4S. The maximum absolute atomic E-state index is 12.8. The molecule has 1 aliphatic rings. The second-order valence-electron chi connectivity index (χ2n) is 5.57. The second-order valence-corrected chi connectivity index (χ2v) is 7.52. The second kappa shape index (κ2) is 5.74.